The van der Waals surface area contributed by atoms with E-state index in [1.807, 2.05) is 7.05 Å². The number of ether oxygens (including phenoxy) is 2. The van der Waals surface area contributed by atoms with E-state index in [1.54, 1.807) is 14.2 Å². The van der Waals surface area contributed by atoms with Crippen LogP contribution in [0.15, 0.2) is 0 Å². The van der Waals surface area contributed by atoms with E-state index < -0.39 is 0 Å². The molecule has 0 bridgehead atoms. The minimum Gasteiger partial charge on any atom is -0.380 e. The van der Waals surface area contributed by atoms with Gasteiger partial charge in [0.15, 0.2) is 0 Å². The number of likely N-dealkylation sites (N-methyl/N-ethyl adjacent to an activating group) is 1. The first kappa shape index (κ1) is 13.9. The van der Waals surface area contributed by atoms with Gasteiger partial charge in [-0.3, -0.25) is 0 Å². The number of hydrogen-bond acceptors (Lipinski definition) is 3. The van der Waals surface area contributed by atoms with Gasteiger partial charge in [0.2, 0.25) is 0 Å². The van der Waals surface area contributed by atoms with Crippen molar-refractivity contribution in [3.05, 3.63) is 0 Å². The fraction of sp³-hybridized carbons (Fsp3) is 1.00. The van der Waals surface area contributed by atoms with E-state index >= 15 is 0 Å². The van der Waals surface area contributed by atoms with E-state index in [0.29, 0.717) is 6.04 Å². The van der Waals surface area contributed by atoms with E-state index in [4.69, 9.17) is 9.47 Å². The first-order valence-corrected chi connectivity index (χ1v) is 5.22. The van der Waals surface area contributed by atoms with Gasteiger partial charge in [0.1, 0.15) is 0 Å². The molecule has 0 heterocycles. The van der Waals surface area contributed by atoms with Gasteiger partial charge >= 0.3 is 0 Å². The monoisotopic (exact) mass is 203 g/mol. The van der Waals surface area contributed by atoms with Crippen molar-refractivity contribution in [3.8, 4) is 0 Å². The quantitative estimate of drug-likeness (QED) is 0.684. The van der Waals surface area contributed by atoms with Crippen LogP contribution in [-0.2, 0) is 9.47 Å². The summed E-state index contributed by atoms with van der Waals surface area (Å²) < 4.78 is 10.7. The van der Waals surface area contributed by atoms with Gasteiger partial charge in [-0.15, -0.1) is 0 Å². The number of rotatable bonds is 7. The topological polar surface area (TPSA) is 30.5 Å². The van der Waals surface area contributed by atoms with Crippen molar-refractivity contribution in [1.29, 1.82) is 0 Å². The van der Waals surface area contributed by atoms with Gasteiger partial charge in [0, 0.05) is 20.3 Å². The molecule has 0 aliphatic heterocycles. The standard InChI is InChI=1S/C11H25NO2/c1-9(13-5)10(12-4)7-8-11(2,3)14-6/h9-10,12H,7-8H2,1-6H3. The van der Waals surface area contributed by atoms with Gasteiger partial charge in [-0.05, 0) is 40.7 Å². The second-order valence-corrected chi connectivity index (χ2v) is 4.34. The van der Waals surface area contributed by atoms with E-state index in [2.05, 4.69) is 26.1 Å². The Kier molecular flexibility index (Phi) is 6.33. The second kappa shape index (κ2) is 6.38. The van der Waals surface area contributed by atoms with Gasteiger partial charge in [0.05, 0.1) is 11.7 Å². The molecule has 0 saturated heterocycles. The third kappa shape index (κ3) is 4.94. The molecule has 0 saturated carbocycles. The Labute approximate surface area is 88.2 Å². The van der Waals surface area contributed by atoms with Crippen LogP contribution in [0.1, 0.15) is 33.6 Å². The molecule has 3 heteroatoms. The summed E-state index contributed by atoms with van der Waals surface area (Å²) in [6, 6.07) is 0.398. The maximum Gasteiger partial charge on any atom is 0.0696 e. The molecule has 14 heavy (non-hydrogen) atoms. The predicted molar refractivity (Wildman–Crippen MR) is 59.6 cm³/mol. The molecule has 0 aromatic heterocycles. The van der Waals surface area contributed by atoms with Gasteiger partial charge < -0.3 is 14.8 Å². The summed E-state index contributed by atoms with van der Waals surface area (Å²) in [4.78, 5) is 0. The number of nitrogens with one attached hydrogen (secondary N) is 1. The molecule has 0 spiro atoms. The van der Waals surface area contributed by atoms with Crippen LogP contribution >= 0.6 is 0 Å². The highest BCUT2D eigenvalue weighted by molar-refractivity contribution is 4.77. The fourth-order valence-electron chi connectivity index (χ4n) is 1.38. The van der Waals surface area contributed by atoms with Gasteiger partial charge in [0.25, 0.3) is 0 Å². The van der Waals surface area contributed by atoms with E-state index in [0.717, 1.165) is 12.8 Å². The lowest BCUT2D eigenvalue weighted by atomic mass is 9.97. The van der Waals surface area contributed by atoms with Crippen LogP contribution in [0.2, 0.25) is 0 Å². The molecular weight excluding hydrogens is 178 g/mol. The van der Waals surface area contributed by atoms with Crippen LogP contribution in [0, 0.1) is 0 Å². The lowest BCUT2D eigenvalue weighted by Crippen LogP contribution is -2.38. The van der Waals surface area contributed by atoms with Crippen molar-refractivity contribution in [2.24, 2.45) is 0 Å². The number of methoxy groups -OCH3 is 2. The van der Waals surface area contributed by atoms with Crippen LogP contribution in [0.4, 0.5) is 0 Å². The maximum absolute atomic E-state index is 5.38. The molecule has 0 rings (SSSR count). The van der Waals surface area contributed by atoms with Gasteiger partial charge in [-0.1, -0.05) is 0 Å². The predicted octanol–water partition coefficient (Wildman–Crippen LogP) is 1.81. The summed E-state index contributed by atoms with van der Waals surface area (Å²) in [6.45, 7) is 6.30. The zero-order valence-corrected chi connectivity index (χ0v) is 10.4. The highest BCUT2D eigenvalue weighted by Crippen LogP contribution is 2.18. The summed E-state index contributed by atoms with van der Waals surface area (Å²) in [5.74, 6) is 0. The molecule has 0 aliphatic rings. The fourth-order valence-corrected chi connectivity index (χ4v) is 1.38. The Morgan fingerprint density at radius 2 is 1.86 bits per heavy atom. The van der Waals surface area contributed by atoms with Crippen LogP contribution in [-0.4, -0.2) is 39.0 Å². The van der Waals surface area contributed by atoms with Crippen molar-refractivity contribution < 1.29 is 9.47 Å². The van der Waals surface area contributed by atoms with E-state index in [-0.39, 0.29) is 11.7 Å². The maximum atomic E-state index is 5.38. The van der Waals surface area contributed by atoms with Crippen molar-refractivity contribution in [1.82, 2.24) is 5.32 Å². The Balaban J connectivity index is 3.95. The summed E-state index contributed by atoms with van der Waals surface area (Å²) in [7, 11) is 5.48. The Hall–Kier alpha value is -0.120. The van der Waals surface area contributed by atoms with Crippen molar-refractivity contribution in [2.75, 3.05) is 21.3 Å². The van der Waals surface area contributed by atoms with E-state index in [1.165, 1.54) is 0 Å². The van der Waals surface area contributed by atoms with Crippen molar-refractivity contribution in [3.63, 3.8) is 0 Å². The molecule has 0 radical (unpaired) electrons. The molecule has 0 aromatic rings. The second-order valence-electron chi connectivity index (χ2n) is 4.34. The van der Waals surface area contributed by atoms with Crippen LogP contribution < -0.4 is 5.32 Å². The molecule has 3 nitrogen and oxygen atoms in total. The smallest absolute Gasteiger partial charge is 0.0696 e. The molecule has 0 aliphatic carbocycles. The average Bonchev–Trinajstić information content (AvgIpc) is 2.18. The van der Waals surface area contributed by atoms with Crippen molar-refractivity contribution >= 4 is 0 Å². The third-order valence-corrected chi connectivity index (χ3v) is 2.92. The summed E-state index contributed by atoms with van der Waals surface area (Å²) in [5.41, 5.74) is -0.0391. The zero-order chi connectivity index (χ0) is 11.2. The highest BCUT2D eigenvalue weighted by Gasteiger charge is 2.21. The Morgan fingerprint density at radius 1 is 1.29 bits per heavy atom. The molecule has 1 N–H and O–H groups in total. The molecule has 0 fully saturated rings. The van der Waals surface area contributed by atoms with E-state index in [9.17, 15) is 0 Å². The molecule has 2 atom stereocenters. The zero-order valence-electron chi connectivity index (χ0n) is 10.4. The lowest BCUT2D eigenvalue weighted by Gasteiger charge is -2.28. The van der Waals surface area contributed by atoms with Gasteiger partial charge in [-0.2, -0.15) is 0 Å². The first-order valence-electron chi connectivity index (χ1n) is 5.22. The minimum absolute atomic E-state index is 0.0391. The third-order valence-electron chi connectivity index (χ3n) is 2.92. The molecule has 86 valence electrons. The molecule has 0 aromatic carbocycles. The number of hydrogen-bond donors (Lipinski definition) is 1. The average molecular weight is 203 g/mol. The SMILES string of the molecule is CNC(CCC(C)(C)OC)C(C)OC. The molecule has 0 amide bonds. The van der Waals surface area contributed by atoms with Crippen LogP contribution in [0.25, 0.3) is 0 Å². The highest BCUT2D eigenvalue weighted by atomic mass is 16.5. The summed E-state index contributed by atoms with van der Waals surface area (Å²) in [6.07, 6.45) is 2.34. The summed E-state index contributed by atoms with van der Waals surface area (Å²) >= 11 is 0. The Bertz CT molecular complexity index is 148. The van der Waals surface area contributed by atoms with Crippen LogP contribution in [0.5, 0.6) is 0 Å². The Morgan fingerprint density at radius 3 is 2.21 bits per heavy atom. The first-order chi connectivity index (χ1) is 6.46. The molecular formula is C11H25NO2. The minimum atomic E-state index is -0.0391. The lowest BCUT2D eigenvalue weighted by molar-refractivity contribution is 0.00469. The van der Waals surface area contributed by atoms with Gasteiger partial charge in [-0.25, -0.2) is 0 Å². The molecule has 2 unspecified atom stereocenters. The van der Waals surface area contributed by atoms with Crippen LogP contribution in [0.3, 0.4) is 0 Å². The van der Waals surface area contributed by atoms with Crippen molar-refractivity contribution in [2.45, 2.75) is 51.4 Å². The largest absolute Gasteiger partial charge is 0.380 e. The normalized spacial score (nSPS) is 16.7. The summed E-state index contributed by atoms with van der Waals surface area (Å²) in [5, 5.41) is 3.27.